The first kappa shape index (κ1) is 23.9. The Kier molecular flexibility index (Phi) is 6.85. The summed E-state index contributed by atoms with van der Waals surface area (Å²) in [6.45, 7) is -0.0513. The van der Waals surface area contributed by atoms with Gasteiger partial charge in [0.15, 0.2) is 5.13 Å². The van der Waals surface area contributed by atoms with Gasteiger partial charge in [-0.05, 0) is 42.5 Å². The fourth-order valence-electron chi connectivity index (χ4n) is 3.82. The highest BCUT2D eigenvalue weighted by Crippen LogP contribution is 2.42. The van der Waals surface area contributed by atoms with Crippen molar-refractivity contribution in [1.29, 1.82) is 0 Å². The number of aromatic nitrogens is 2. The Hall–Kier alpha value is -2.83. The summed E-state index contributed by atoms with van der Waals surface area (Å²) in [7, 11) is -4.32. The first-order valence-corrected chi connectivity index (χ1v) is 14.3. The molecule has 8 nitrogen and oxygen atoms in total. The topological polar surface area (TPSA) is 124 Å². The molecule has 0 unspecified atom stereocenters. The van der Waals surface area contributed by atoms with Gasteiger partial charge in [0.25, 0.3) is 0 Å². The van der Waals surface area contributed by atoms with Crippen LogP contribution in [0, 0.1) is 0 Å². The lowest BCUT2D eigenvalue weighted by molar-refractivity contribution is 0.282. The highest BCUT2D eigenvalue weighted by molar-refractivity contribution is 7.87. The first-order chi connectivity index (χ1) is 16.9. The van der Waals surface area contributed by atoms with Gasteiger partial charge in [-0.1, -0.05) is 36.4 Å². The fourth-order valence-corrected chi connectivity index (χ4v) is 6.07. The number of hydrogen-bond acceptors (Lipinski definition) is 8. The number of rotatable bonds is 10. The monoisotopic (exact) mass is 528 g/mol. The van der Waals surface area contributed by atoms with Gasteiger partial charge in [-0.15, -0.1) is 22.7 Å². The number of aliphatic hydroxyl groups excluding tert-OH is 1. The predicted octanol–water partition coefficient (Wildman–Crippen LogP) is 5.25. The number of nitrogens with one attached hydrogen (secondary N) is 2. The molecule has 1 fully saturated rings. The van der Waals surface area contributed by atoms with E-state index in [1.165, 1.54) is 24.2 Å². The molecule has 0 saturated heterocycles. The van der Waals surface area contributed by atoms with E-state index in [2.05, 4.69) is 15.4 Å². The maximum Gasteiger partial charge on any atom is 0.357 e. The van der Waals surface area contributed by atoms with Crippen molar-refractivity contribution in [1.82, 2.24) is 9.97 Å². The molecule has 1 saturated carbocycles. The van der Waals surface area contributed by atoms with Crippen LogP contribution in [0.25, 0.3) is 11.3 Å². The molecule has 0 aliphatic heterocycles. The maximum atomic E-state index is 11.1. The van der Waals surface area contributed by atoms with Crippen molar-refractivity contribution in [2.45, 2.75) is 37.8 Å². The Bertz CT molecular complexity index is 1410. The van der Waals surface area contributed by atoms with E-state index >= 15 is 0 Å². The van der Waals surface area contributed by atoms with Crippen molar-refractivity contribution in [3.05, 3.63) is 81.1 Å². The van der Waals surface area contributed by atoms with Crippen LogP contribution in [-0.2, 0) is 23.3 Å². The zero-order chi connectivity index (χ0) is 24.4. The van der Waals surface area contributed by atoms with Gasteiger partial charge in [0.1, 0.15) is 0 Å². The van der Waals surface area contributed by atoms with Gasteiger partial charge < -0.3 is 10.4 Å². The second-order valence-electron chi connectivity index (χ2n) is 8.41. The first-order valence-electron chi connectivity index (χ1n) is 11.1. The maximum absolute atomic E-state index is 11.1. The van der Waals surface area contributed by atoms with Crippen LogP contribution in [0.5, 0.6) is 0 Å². The van der Waals surface area contributed by atoms with Gasteiger partial charge in [0.05, 0.1) is 34.7 Å². The summed E-state index contributed by atoms with van der Waals surface area (Å²) >= 11 is 3.18. The fraction of sp³-hybridized carbons (Fsp3) is 0.250. The van der Waals surface area contributed by atoms with Crippen LogP contribution in [0.15, 0.2) is 59.3 Å². The summed E-state index contributed by atoms with van der Waals surface area (Å²) in [5, 5.41) is 19.2. The molecular weight excluding hydrogens is 504 g/mol. The molecule has 0 amide bonds. The lowest BCUT2D eigenvalue weighted by Gasteiger charge is -2.17. The van der Waals surface area contributed by atoms with Crippen LogP contribution in [0.1, 0.15) is 46.6 Å². The molecule has 0 spiro atoms. The minimum absolute atomic E-state index is 0.0513. The Morgan fingerprint density at radius 3 is 2.51 bits per heavy atom. The number of aliphatic hydroxyl groups is 1. The van der Waals surface area contributed by atoms with Gasteiger partial charge in [0.2, 0.25) is 0 Å². The van der Waals surface area contributed by atoms with Crippen molar-refractivity contribution in [2.24, 2.45) is 0 Å². The van der Waals surface area contributed by atoms with Crippen LogP contribution in [0.2, 0.25) is 0 Å². The number of hydrogen-bond donors (Lipinski definition) is 4. The molecule has 1 aliphatic carbocycles. The van der Waals surface area contributed by atoms with Gasteiger partial charge in [0, 0.05) is 22.2 Å². The van der Waals surface area contributed by atoms with E-state index < -0.39 is 10.3 Å². The number of anilines is 2. The normalized spacial score (nSPS) is 14.6. The average Bonchev–Trinajstić information content (AvgIpc) is 3.38. The summed E-state index contributed by atoms with van der Waals surface area (Å²) < 4.78 is 33.2. The summed E-state index contributed by atoms with van der Waals surface area (Å²) in [5.74, 6) is 0.571. The molecule has 2 aromatic heterocycles. The van der Waals surface area contributed by atoms with Crippen LogP contribution in [0.3, 0.4) is 0 Å². The molecule has 182 valence electrons. The Labute approximate surface area is 211 Å². The molecule has 1 aliphatic rings. The molecule has 0 radical (unpaired) electrons. The molecule has 2 heterocycles. The summed E-state index contributed by atoms with van der Waals surface area (Å²) in [5.41, 5.74) is 4.75. The number of nitrogens with zero attached hydrogens (tertiary/aromatic N) is 2. The van der Waals surface area contributed by atoms with E-state index in [-0.39, 0.29) is 18.3 Å². The van der Waals surface area contributed by atoms with Crippen LogP contribution in [0.4, 0.5) is 10.8 Å². The third kappa shape index (κ3) is 6.06. The highest BCUT2D eigenvalue weighted by atomic mass is 32.2. The van der Waals surface area contributed by atoms with Crippen LogP contribution < -0.4 is 10.0 Å². The third-order valence-corrected chi connectivity index (χ3v) is 8.02. The van der Waals surface area contributed by atoms with E-state index in [9.17, 15) is 13.5 Å². The second-order valence-corrected chi connectivity index (χ2v) is 11.3. The summed E-state index contributed by atoms with van der Waals surface area (Å²) in [4.78, 5) is 9.67. The molecule has 0 bridgehead atoms. The number of benzene rings is 2. The zero-order valence-electron chi connectivity index (χ0n) is 18.6. The SMILES string of the molecule is O=S(=O)(O)Nc1ccc(C[C@H](Nc2nc(-c3ccccc3CO)cs2)c2csc(C3CC3)n2)cc1. The molecule has 35 heavy (non-hydrogen) atoms. The zero-order valence-corrected chi connectivity index (χ0v) is 21.0. The van der Waals surface area contributed by atoms with E-state index in [0.29, 0.717) is 12.3 Å². The number of thiazole rings is 2. The molecule has 2 aromatic carbocycles. The lowest BCUT2D eigenvalue weighted by Crippen LogP contribution is -2.14. The van der Waals surface area contributed by atoms with Crippen molar-refractivity contribution in [2.75, 3.05) is 10.0 Å². The minimum atomic E-state index is -4.32. The van der Waals surface area contributed by atoms with Crippen molar-refractivity contribution < 1.29 is 18.1 Å². The Balaban J connectivity index is 1.38. The minimum Gasteiger partial charge on any atom is -0.392 e. The molecule has 1 atom stereocenters. The van der Waals surface area contributed by atoms with Gasteiger partial charge in [-0.2, -0.15) is 8.42 Å². The van der Waals surface area contributed by atoms with Crippen LogP contribution >= 0.6 is 22.7 Å². The Morgan fingerprint density at radius 1 is 1.03 bits per heavy atom. The van der Waals surface area contributed by atoms with Gasteiger partial charge in [-0.25, -0.2) is 9.97 Å². The van der Waals surface area contributed by atoms with Crippen molar-refractivity contribution >= 4 is 43.8 Å². The standard InChI is InChI=1S/C24H24N4O4S3/c29-12-17-3-1-2-4-19(17)21-13-34-24(27-21)26-20(22-14-33-23(25-22)16-7-8-16)11-15-5-9-18(10-6-15)28-35(30,31)32/h1-6,9-10,13-14,16,20,28-29H,7-8,11-12H2,(H,26,27)(H,30,31,32)/t20-/m0/s1. The molecule has 5 rings (SSSR count). The predicted molar refractivity (Wildman–Crippen MR) is 139 cm³/mol. The second kappa shape index (κ2) is 10.0. The molecule has 4 N–H and O–H groups in total. The summed E-state index contributed by atoms with van der Waals surface area (Å²) in [6.07, 6.45) is 2.99. The molecule has 4 aromatic rings. The van der Waals surface area contributed by atoms with Gasteiger partial charge in [-0.3, -0.25) is 9.27 Å². The Morgan fingerprint density at radius 2 is 1.80 bits per heavy atom. The van der Waals surface area contributed by atoms with E-state index in [1.807, 2.05) is 41.8 Å². The largest absolute Gasteiger partial charge is 0.392 e. The smallest absolute Gasteiger partial charge is 0.357 e. The molecule has 11 heteroatoms. The quantitative estimate of drug-likeness (QED) is 0.207. The molecular formula is C24H24N4O4S3. The van der Waals surface area contributed by atoms with E-state index in [4.69, 9.17) is 14.5 Å². The van der Waals surface area contributed by atoms with Crippen LogP contribution in [-0.4, -0.2) is 28.0 Å². The van der Waals surface area contributed by atoms with Crippen molar-refractivity contribution in [3.8, 4) is 11.3 Å². The van der Waals surface area contributed by atoms with E-state index in [1.54, 1.807) is 23.5 Å². The highest BCUT2D eigenvalue weighted by Gasteiger charge is 2.28. The lowest BCUT2D eigenvalue weighted by atomic mass is 10.0. The third-order valence-electron chi connectivity index (χ3n) is 5.73. The van der Waals surface area contributed by atoms with Gasteiger partial charge >= 0.3 is 10.3 Å². The van der Waals surface area contributed by atoms with Crippen molar-refractivity contribution in [3.63, 3.8) is 0 Å². The van der Waals surface area contributed by atoms with E-state index in [0.717, 1.165) is 38.2 Å². The average molecular weight is 529 g/mol. The summed E-state index contributed by atoms with van der Waals surface area (Å²) in [6, 6.07) is 14.4.